The highest BCUT2D eigenvalue weighted by atomic mass is 16.5. The van der Waals surface area contributed by atoms with Crippen molar-refractivity contribution in [2.24, 2.45) is 11.7 Å². The number of ether oxygens (including phenoxy) is 1. The van der Waals surface area contributed by atoms with Crippen LogP contribution in [-0.4, -0.2) is 44.0 Å². The van der Waals surface area contributed by atoms with Gasteiger partial charge >= 0.3 is 0 Å². The van der Waals surface area contributed by atoms with Gasteiger partial charge in [0.1, 0.15) is 5.75 Å². The van der Waals surface area contributed by atoms with E-state index in [9.17, 15) is 14.4 Å². The van der Waals surface area contributed by atoms with Gasteiger partial charge in [-0.05, 0) is 24.3 Å². The first kappa shape index (κ1) is 16.4. The second kappa shape index (κ2) is 6.60. The molecule has 2 fully saturated rings. The number of benzene rings is 1. The lowest BCUT2D eigenvalue weighted by atomic mass is 9.95. The first-order valence-electron chi connectivity index (χ1n) is 8.16. The molecule has 2 saturated heterocycles. The van der Waals surface area contributed by atoms with Crippen LogP contribution in [0.2, 0.25) is 0 Å². The fourth-order valence-electron chi connectivity index (χ4n) is 3.58. The summed E-state index contributed by atoms with van der Waals surface area (Å²) in [5.74, 6) is -0.0627. The standard InChI is InChI=1S/C17H21N3O4/c1-24-13-4-2-12(3-5-13)20-15(21)10-14(17(20)23)19-8-6-11(7-9-19)16(18)22/h2-5,11,14H,6-10H2,1H3,(H2,18,22)/p+1/t14-/m0/s1. The predicted molar refractivity (Wildman–Crippen MR) is 86.5 cm³/mol. The van der Waals surface area contributed by atoms with Crippen LogP contribution < -0.4 is 20.3 Å². The van der Waals surface area contributed by atoms with Gasteiger partial charge in [0.2, 0.25) is 11.8 Å². The number of methoxy groups -OCH3 is 1. The maximum atomic E-state index is 12.7. The van der Waals surface area contributed by atoms with Crippen molar-refractivity contribution in [2.75, 3.05) is 25.1 Å². The fourth-order valence-corrected chi connectivity index (χ4v) is 3.58. The summed E-state index contributed by atoms with van der Waals surface area (Å²) in [7, 11) is 1.57. The van der Waals surface area contributed by atoms with Crippen LogP contribution in [0, 0.1) is 5.92 Å². The molecule has 3 amide bonds. The van der Waals surface area contributed by atoms with Gasteiger partial charge in [-0.3, -0.25) is 14.4 Å². The van der Waals surface area contributed by atoms with E-state index in [0.29, 0.717) is 37.4 Å². The second-order valence-corrected chi connectivity index (χ2v) is 6.36. The van der Waals surface area contributed by atoms with Crippen molar-refractivity contribution < 1.29 is 24.0 Å². The third-order valence-electron chi connectivity index (χ3n) is 5.00. The highest BCUT2D eigenvalue weighted by Gasteiger charge is 2.46. The number of likely N-dealkylation sites (tertiary alicyclic amines) is 1. The van der Waals surface area contributed by atoms with E-state index in [1.165, 1.54) is 4.90 Å². The Kier molecular flexibility index (Phi) is 4.53. The van der Waals surface area contributed by atoms with Crippen LogP contribution in [0.25, 0.3) is 0 Å². The van der Waals surface area contributed by atoms with E-state index < -0.39 is 0 Å². The Balaban J connectivity index is 1.71. The van der Waals surface area contributed by atoms with Crippen molar-refractivity contribution in [3.05, 3.63) is 24.3 Å². The first-order valence-corrected chi connectivity index (χ1v) is 8.16. The van der Waals surface area contributed by atoms with Crippen molar-refractivity contribution >= 4 is 23.4 Å². The molecule has 3 N–H and O–H groups in total. The number of rotatable bonds is 4. The Morgan fingerprint density at radius 3 is 2.38 bits per heavy atom. The maximum Gasteiger partial charge on any atom is 0.292 e. The molecule has 0 spiro atoms. The van der Waals surface area contributed by atoms with E-state index in [4.69, 9.17) is 10.5 Å². The fraction of sp³-hybridized carbons (Fsp3) is 0.471. The lowest BCUT2D eigenvalue weighted by Gasteiger charge is -2.30. The van der Waals surface area contributed by atoms with Crippen molar-refractivity contribution in [2.45, 2.75) is 25.3 Å². The summed E-state index contributed by atoms with van der Waals surface area (Å²) in [6, 6.07) is 6.52. The number of hydrogen-bond acceptors (Lipinski definition) is 4. The van der Waals surface area contributed by atoms with Gasteiger partial charge in [0, 0.05) is 18.8 Å². The largest absolute Gasteiger partial charge is 0.497 e. The molecule has 1 aromatic rings. The lowest BCUT2D eigenvalue weighted by Crippen LogP contribution is -3.17. The summed E-state index contributed by atoms with van der Waals surface area (Å²) in [5, 5.41) is 0. The Hall–Kier alpha value is -2.41. The summed E-state index contributed by atoms with van der Waals surface area (Å²) >= 11 is 0. The molecular formula is C17H22N3O4+. The van der Waals surface area contributed by atoms with E-state index in [1.807, 2.05) is 0 Å². The molecule has 0 aromatic heterocycles. The quantitative estimate of drug-likeness (QED) is 0.699. The number of anilines is 1. The van der Waals surface area contributed by atoms with Crippen molar-refractivity contribution in [3.63, 3.8) is 0 Å². The number of nitrogens with one attached hydrogen (secondary N) is 1. The molecule has 3 rings (SSSR count). The Labute approximate surface area is 140 Å². The molecule has 0 saturated carbocycles. The minimum atomic E-state index is -0.367. The molecule has 7 heteroatoms. The SMILES string of the molecule is COc1ccc(N2C(=O)C[C@H]([NH+]3CCC(C(N)=O)CC3)C2=O)cc1. The molecule has 2 aliphatic heterocycles. The molecule has 24 heavy (non-hydrogen) atoms. The van der Waals surface area contributed by atoms with Gasteiger partial charge < -0.3 is 15.4 Å². The van der Waals surface area contributed by atoms with Crippen LogP contribution in [0.15, 0.2) is 24.3 Å². The van der Waals surface area contributed by atoms with Crippen LogP contribution in [0.5, 0.6) is 5.75 Å². The zero-order chi connectivity index (χ0) is 17.3. The first-order chi connectivity index (χ1) is 11.5. The van der Waals surface area contributed by atoms with Crippen LogP contribution in [0.1, 0.15) is 19.3 Å². The Morgan fingerprint density at radius 2 is 1.83 bits per heavy atom. The minimum absolute atomic E-state index is 0.112. The third kappa shape index (κ3) is 2.99. The van der Waals surface area contributed by atoms with E-state index in [1.54, 1.807) is 31.4 Å². The third-order valence-corrected chi connectivity index (χ3v) is 5.00. The number of carbonyl (C=O) groups is 3. The molecule has 0 aliphatic carbocycles. The molecule has 128 valence electrons. The second-order valence-electron chi connectivity index (χ2n) is 6.36. The van der Waals surface area contributed by atoms with Gasteiger partial charge in [0.05, 0.1) is 32.3 Å². The molecule has 2 aliphatic rings. The summed E-state index contributed by atoms with van der Waals surface area (Å²) in [4.78, 5) is 38.7. The number of quaternary nitrogens is 1. The van der Waals surface area contributed by atoms with Gasteiger partial charge in [-0.15, -0.1) is 0 Å². The maximum absolute atomic E-state index is 12.7. The molecule has 0 radical (unpaired) electrons. The topological polar surface area (TPSA) is 94.1 Å². The van der Waals surface area contributed by atoms with Crippen LogP contribution in [0.3, 0.4) is 0 Å². The van der Waals surface area contributed by atoms with E-state index in [2.05, 4.69) is 0 Å². The molecule has 2 heterocycles. The molecule has 0 unspecified atom stereocenters. The van der Waals surface area contributed by atoms with Gasteiger partial charge in [-0.1, -0.05) is 0 Å². The zero-order valence-electron chi connectivity index (χ0n) is 13.7. The number of nitrogens with two attached hydrogens (primary N) is 1. The summed E-state index contributed by atoms with van der Waals surface area (Å²) in [6.07, 6.45) is 1.55. The van der Waals surface area contributed by atoms with Crippen LogP contribution in [0.4, 0.5) is 5.69 Å². The Bertz CT molecular complexity index is 650. The predicted octanol–water partition coefficient (Wildman–Crippen LogP) is -0.893. The smallest absolute Gasteiger partial charge is 0.292 e. The Morgan fingerprint density at radius 1 is 1.21 bits per heavy atom. The van der Waals surface area contributed by atoms with Gasteiger partial charge in [0.25, 0.3) is 5.91 Å². The van der Waals surface area contributed by atoms with Gasteiger partial charge in [-0.25, -0.2) is 4.90 Å². The number of hydrogen-bond donors (Lipinski definition) is 2. The zero-order valence-corrected chi connectivity index (χ0v) is 13.7. The molecule has 1 aromatic carbocycles. The highest BCUT2D eigenvalue weighted by Crippen LogP contribution is 2.24. The van der Waals surface area contributed by atoms with E-state index >= 15 is 0 Å². The number of imide groups is 1. The summed E-state index contributed by atoms with van der Waals surface area (Å²) in [6.45, 7) is 1.38. The van der Waals surface area contributed by atoms with Crippen LogP contribution >= 0.6 is 0 Å². The monoisotopic (exact) mass is 332 g/mol. The molecular weight excluding hydrogens is 310 g/mol. The van der Waals surface area contributed by atoms with E-state index in [-0.39, 0.29) is 36.1 Å². The number of piperidine rings is 1. The number of amides is 3. The minimum Gasteiger partial charge on any atom is -0.497 e. The van der Waals surface area contributed by atoms with E-state index in [0.717, 1.165) is 4.90 Å². The normalized spacial score (nSPS) is 27.4. The van der Waals surface area contributed by atoms with Crippen molar-refractivity contribution in [1.82, 2.24) is 0 Å². The lowest BCUT2D eigenvalue weighted by molar-refractivity contribution is -0.920. The van der Waals surface area contributed by atoms with Gasteiger partial charge in [-0.2, -0.15) is 0 Å². The number of nitrogens with zero attached hydrogens (tertiary/aromatic N) is 1. The molecule has 7 nitrogen and oxygen atoms in total. The van der Waals surface area contributed by atoms with Crippen molar-refractivity contribution in [3.8, 4) is 5.75 Å². The van der Waals surface area contributed by atoms with Gasteiger partial charge in [0.15, 0.2) is 6.04 Å². The average molecular weight is 332 g/mol. The highest BCUT2D eigenvalue weighted by molar-refractivity contribution is 6.21. The van der Waals surface area contributed by atoms with Crippen LogP contribution in [-0.2, 0) is 14.4 Å². The number of primary amides is 1. The number of carbonyl (C=O) groups excluding carboxylic acids is 3. The summed E-state index contributed by atoms with van der Waals surface area (Å²) < 4.78 is 5.10. The molecule has 1 atom stereocenters. The summed E-state index contributed by atoms with van der Waals surface area (Å²) in [5.41, 5.74) is 5.92. The van der Waals surface area contributed by atoms with Crippen molar-refractivity contribution in [1.29, 1.82) is 0 Å². The average Bonchev–Trinajstić information content (AvgIpc) is 2.89. The molecule has 0 bridgehead atoms.